The van der Waals surface area contributed by atoms with E-state index in [2.05, 4.69) is 0 Å². The molecule has 0 aliphatic heterocycles. The van der Waals surface area contributed by atoms with Crippen molar-refractivity contribution >= 4 is 27.5 Å². The quantitative estimate of drug-likeness (QED) is 0.689. The van der Waals surface area contributed by atoms with E-state index < -0.39 is 11.6 Å². The maximum Gasteiger partial charge on any atom is 0.337 e. The van der Waals surface area contributed by atoms with Crippen molar-refractivity contribution in [1.29, 1.82) is 0 Å². The Morgan fingerprint density at radius 3 is 2.57 bits per heavy atom. The van der Waals surface area contributed by atoms with Gasteiger partial charge in [0, 0.05) is 4.88 Å². The first-order valence-corrected chi connectivity index (χ1v) is 10.4. The first-order chi connectivity index (χ1) is 13.4. The smallest absolute Gasteiger partial charge is 0.337 e. The molecule has 1 amide bonds. The zero-order valence-corrected chi connectivity index (χ0v) is 16.9. The standard InChI is InChI=1S/C21H23N3O3S/c1-12-8-9-14(10-13(12)2)24-19(26)18-15-6-4-3-5-7-16(15)28-20(18)23(21(24)27)11-17(22)25/h8-10H,3-7,11H2,1-2H3,(H2,22,25). The summed E-state index contributed by atoms with van der Waals surface area (Å²) in [4.78, 5) is 40.1. The Labute approximate surface area is 166 Å². The van der Waals surface area contributed by atoms with E-state index in [4.69, 9.17) is 5.73 Å². The van der Waals surface area contributed by atoms with Gasteiger partial charge in [0.2, 0.25) is 5.91 Å². The Balaban J connectivity index is 2.11. The van der Waals surface area contributed by atoms with Gasteiger partial charge in [-0.2, -0.15) is 0 Å². The Morgan fingerprint density at radius 2 is 1.86 bits per heavy atom. The summed E-state index contributed by atoms with van der Waals surface area (Å²) in [5, 5.41) is 0.570. The molecule has 2 N–H and O–H groups in total. The molecule has 4 rings (SSSR count). The van der Waals surface area contributed by atoms with E-state index in [9.17, 15) is 14.4 Å². The Bertz CT molecular complexity index is 1220. The molecule has 0 fully saturated rings. The Kier molecular flexibility index (Phi) is 4.71. The van der Waals surface area contributed by atoms with E-state index in [0.717, 1.165) is 53.7 Å². The van der Waals surface area contributed by atoms with Crippen molar-refractivity contribution in [2.45, 2.75) is 52.5 Å². The minimum absolute atomic E-state index is 0.236. The number of nitrogens with zero attached hydrogens (tertiary/aromatic N) is 2. The van der Waals surface area contributed by atoms with Crippen molar-refractivity contribution in [3.8, 4) is 5.69 Å². The number of carbonyl (C=O) groups is 1. The van der Waals surface area contributed by atoms with Crippen LogP contribution in [0, 0.1) is 13.8 Å². The SMILES string of the molecule is Cc1ccc(-n2c(=O)c3c4c(sc3n(CC(N)=O)c2=O)CCCCC4)cc1C. The number of fused-ring (bicyclic) bond motifs is 3. The molecule has 0 saturated heterocycles. The van der Waals surface area contributed by atoms with E-state index in [0.29, 0.717) is 15.9 Å². The average molecular weight is 398 g/mol. The topological polar surface area (TPSA) is 87.1 Å². The summed E-state index contributed by atoms with van der Waals surface area (Å²) in [6.07, 6.45) is 4.96. The monoisotopic (exact) mass is 397 g/mol. The lowest BCUT2D eigenvalue weighted by Crippen LogP contribution is -2.40. The zero-order valence-electron chi connectivity index (χ0n) is 16.1. The molecular formula is C21H23N3O3S. The summed E-state index contributed by atoms with van der Waals surface area (Å²) in [5.74, 6) is -0.600. The average Bonchev–Trinajstić information content (AvgIpc) is 2.84. The molecular weight excluding hydrogens is 374 g/mol. The number of amides is 1. The van der Waals surface area contributed by atoms with Crippen molar-refractivity contribution in [3.63, 3.8) is 0 Å². The molecule has 1 aliphatic carbocycles. The van der Waals surface area contributed by atoms with Crippen LogP contribution in [0.15, 0.2) is 27.8 Å². The summed E-state index contributed by atoms with van der Waals surface area (Å²) in [7, 11) is 0. The van der Waals surface area contributed by atoms with Crippen LogP contribution in [-0.4, -0.2) is 15.0 Å². The molecule has 7 heteroatoms. The number of hydrogen-bond acceptors (Lipinski definition) is 4. The number of aromatic nitrogens is 2. The second kappa shape index (κ2) is 7.05. The molecule has 1 aliphatic rings. The van der Waals surface area contributed by atoms with Crippen LogP contribution in [0.2, 0.25) is 0 Å². The van der Waals surface area contributed by atoms with E-state index in [1.807, 2.05) is 26.0 Å². The second-order valence-corrected chi connectivity index (χ2v) is 8.57. The molecule has 6 nitrogen and oxygen atoms in total. The molecule has 146 valence electrons. The summed E-state index contributed by atoms with van der Waals surface area (Å²) < 4.78 is 2.56. The number of thiophene rings is 1. The number of rotatable bonds is 3. The van der Waals surface area contributed by atoms with Crippen LogP contribution < -0.4 is 17.0 Å². The lowest BCUT2D eigenvalue weighted by atomic mass is 10.1. The van der Waals surface area contributed by atoms with E-state index >= 15 is 0 Å². The molecule has 0 bridgehead atoms. The fraction of sp³-hybridized carbons (Fsp3) is 0.381. The largest absolute Gasteiger partial charge is 0.368 e. The predicted molar refractivity (Wildman–Crippen MR) is 112 cm³/mol. The fourth-order valence-corrected chi connectivity index (χ4v) is 5.31. The van der Waals surface area contributed by atoms with Gasteiger partial charge in [0.1, 0.15) is 11.4 Å². The lowest BCUT2D eigenvalue weighted by molar-refractivity contribution is -0.118. The van der Waals surface area contributed by atoms with Crippen molar-refractivity contribution in [2.24, 2.45) is 5.73 Å². The van der Waals surface area contributed by atoms with Gasteiger partial charge in [0.05, 0.1) is 11.1 Å². The van der Waals surface area contributed by atoms with Gasteiger partial charge >= 0.3 is 5.69 Å². The highest BCUT2D eigenvalue weighted by Crippen LogP contribution is 2.33. The van der Waals surface area contributed by atoms with Crippen molar-refractivity contribution in [3.05, 3.63) is 60.6 Å². The number of hydrogen-bond donors (Lipinski definition) is 1. The van der Waals surface area contributed by atoms with Gasteiger partial charge < -0.3 is 5.73 Å². The summed E-state index contributed by atoms with van der Waals surface area (Å²) >= 11 is 1.46. The van der Waals surface area contributed by atoms with Crippen LogP contribution in [-0.2, 0) is 24.2 Å². The molecule has 2 heterocycles. The van der Waals surface area contributed by atoms with Gasteiger partial charge in [-0.3, -0.25) is 14.2 Å². The van der Waals surface area contributed by atoms with E-state index in [1.165, 1.54) is 20.5 Å². The van der Waals surface area contributed by atoms with Crippen molar-refractivity contribution in [1.82, 2.24) is 9.13 Å². The van der Waals surface area contributed by atoms with Gasteiger partial charge in [-0.25, -0.2) is 9.36 Å². The van der Waals surface area contributed by atoms with E-state index in [1.54, 1.807) is 6.07 Å². The number of carbonyl (C=O) groups excluding carboxylic acids is 1. The fourth-order valence-electron chi connectivity index (χ4n) is 3.93. The molecule has 28 heavy (non-hydrogen) atoms. The van der Waals surface area contributed by atoms with Crippen LogP contribution in [0.4, 0.5) is 0 Å². The highest BCUT2D eigenvalue weighted by atomic mass is 32.1. The predicted octanol–water partition coefficient (Wildman–Crippen LogP) is 2.58. The third-order valence-corrected chi connectivity index (χ3v) is 6.86. The lowest BCUT2D eigenvalue weighted by Gasteiger charge is -2.12. The van der Waals surface area contributed by atoms with Crippen molar-refractivity contribution < 1.29 is 4.79 Å². The first kappa shape index (κ1) is 18.7. The van der Waals surface area contributed by atoms with Crippen LogP contribution in [0.3, 0.4) is 0 Å². The third kappa shape index (κ3) is 2.99. The molecule has 0 radical (unpaired) electrons. The van der Waals surface area contributed by atoms with Gasteiger partial charge in [-0.1, -0.05) is 12.5 Å². The number of benzene rings is 1. The van der Waals surface area contributed by atoms with Crippen molar-refractivity contribution in [2.75, 3.05) is 0 Å². The van der Waals surface area contributed by atoms with Crippen LogP contribution in [0.25, 0.3) is 15.9 Å². The van der Waals surface area contributed by atoms with Gasteiger partial charge in [0.25, 0.3) is 5.56 Å². The summed E-state index contributed by atoms with van der Waals surface area (Å²) in [6.45, 7) is 3.69. The number of nitrogens with two attached hydrogens (primary N) is 1. The Morgan fingerprint density at radius 1 is 1.11 bits per heavy atom. The maximum atomic E-state index is 13.5. The van der Waals surface area contributed by atoms with Gasteiger partial charge in [0.15, 0.2) is 0 Å². The summed E-state index contributed by atoms with van der Waals surface area (Å²) in [6, 6.07) is 5.51. The van der Waals surface area contributed by atoms with Crippen LogP contribution >= 0.6 is 11.3 Å². The molecule has 3 aromatic rings. The minimum atomic E-state index is -0.600. The zero-order chi connectivity index (χ0) is 20.0. The second-order valence-electron chi connectivity index (χ2n) is 7.49. The van der Waals surface area contributed by atoms with Crippen LogP contribution in [0.1, 0.15) is 40.8 Å². The third-order valence-electron chi connectivity index (χ3n) is 5.55. The number of primary amides is 1. The van der Waals surface area contributed by atoms with Gasteiger partial charge in [-0.15, -0.1) is 11.3 Å². The molecule has 0 spiro atoms. The highest BCUT2D eigenvalue weighted by molar-refractivity contribution is 7.18. The normalized spacial score (nSPS) is 14.1. The summed E-state index contributed by atoms with van der Waals surface area (Å²) in [5.41, 5.74) is 8.24. The minimum Gasteiger partial charge on any atom is -0.368 e. The molecule has 0 atom stereocenters. The Hall–Kier alpha value is -2.67. The molecule has 2 aromatic heterocycles. The molecule has 1 aromatic carbocycles. The maximum absolute atomic E-state index is 13.5. The highest BCUT2D eigenvalue weighted by Gasteiger charge is 2.24. The van der Waals surface area contributed by atoms with Crippen LogP contribution in [0.5, 0.6) is 0 Å². The molecule has 0 unspecified atom stereocenters. The first-order valence-electron chi connectivity index (χ1n) is 9.54. The molecule has 0 saturated carbocycles. The number of aryl methyl sites for hydroxylation is 4. The van der Waals surface area contributed by atoms with E-state index in [-0.39, 0.29) is 12.1 Å². The van der Waals surface area contributed by atoms with Gasteiger partial charge in [-0.05, 0) is 68.4 Å².